The molecule has 0 atom stereocenters. The van der Waals surface area contributed by atoms with Gasteiger partial charge in [-0.3, -0.25) is 4.57 Å². The minimum atomic E-state index is 0.349. The molecule has 0 fully saturated rings. The lowest BCUT2D eigenvalue weighted by Gasteiger charge is -2.09. The van der Waals surface area contributed by atoms with Gasteiger partial charge >= 0.3 is 0 Å². The number of rotatable bonds is 7. The van der Waals surface area contributed by atoms with Gasteiger partial charge in [-0.2, -0.15) is 0 Å². The standard InChI is InChI=1S/C17H20ClN3O/c1-5-8-15(9-6-2)12-21-13-19-11-17(21)22-16(7-3)20-10-14(4)18/h5-11,13H,1,3,12H2,2,4H3/b9-6-,14-10+,15-8+,20-16?. The van der Waals surface area contributed by atoms with Gasteiger partial charge in [0.2, 0.25) is 11.8 Å². The van der Waals surface area contributed by atoms with Gasteiger partial charge in [-0.1, -0.05) is 49.1 Å². The van der Waals surface area contributed by atoms with Crippen LogP contribution in [0.3, 0.4) is 0 Å². The normalized spacial score (nSPS) is 13.5. The Morgan fingerprint density at radius 2 is 2.27 bits per heavy atom. The van der Waals surface area contributed by atoms with Crippen molar-refractivity contribution in [1.82, 2.24) is 9.55 Å². The number of halogens is 1. The minimum Gasteiger partial charge on any atom is -0.421 e. The van der Waals surface area contributed by atoms with Crippen LogP contribution in [0, 0.1) is 0 Å². The van der Waals surface area contributed by atoms with E-state index in [0.29, 0.717) is 23.4 Å². The van der Waals surface area contributed by atoms with Crippen LogP contribution in [0.25, 0.3) is 0 Å². The predicted octanol–water partition coefficient (Wildman–Crippen LogP) is 4.64. The van der Waals surface area contributed by atoms with Gasteiger partial charge in [0.1, 0.15) is 0 Å². The monoisotopic (exact) mass is 317 g/mol. The lowest BCUT2D eigenvalue weighted by Crippen LogP contribution is -2.09. The van der Waals surface area contributed by atoms with E-state index in [4.69, 9.17) is 16.3 Å². The lowest BCUT2D eigenvalue weighted by molar-refractivity contribution is 0.495. The summed E-state index contributed by atoms with van der Waals surface area (Å²) in [4.78, 5) is 8.21. The van der Waals surface area contributed by atoms with Gasteiger partial charge in [0.25, 0.3) is 0 Å². The molecule has 0 bridgehead atoms. The Bertz CT molecular complexity index is 632. The summed E-state index contributed by atoms with van der Waals surface area (Å²) >= 11 is 5.75. The van der Waals surface area contributed by atoms with Crippen molar-refractivity contribution in [2.24, 2.45) is 4.99 Å². The highest BCUT2D eigenvalue weighted by Gasteiger charge is 2.06. The molecule has 0 N–H and O–H groups in total. The van der Waals surface area contributed by atoms with Crippen molar-refractivity contribution in [3.63, 3.8) is 0 Å². The fraction of sp³-hybridized carbons (Fsp3) is 0.176. The van der Waals surface area contributed by atoms with E-state index in [1.165, 1.54) is 12.3 Å². The largest absolute Gasteiger partial charge is 0.421 e. The number of aliphatic imine (C=N–C) groups is 1. The van der Waals surface area contributed by atoms with Crippen LogP contribution >= 0.6 is 11.6 Å². The molecule has 0 saturated heterocycles. The molecule has 5 heteroatoms. The van der Waals surface area contributed by atoms with Crippen LogP contribution in [0.4, 0.5) is 0 Å². The second-order valence-corrected chi connectivity index (χ2v) is 4.92. The lowest BCUT2D eigenvalue weighted by atomic mass is 10.2. The van der Waals surface area contributed by atoms with E-state index >= 15 is 0 Å². The van der Waals surface area contributed by atoms with Gasteiger partial charge in [0.15, 0.2) is 0 Å². The van der Waals surface area contributed by atoms with E-state index in [1.54, 1.807) is 25.5 Å². The molecule has 1 aromatic heterocycles. The SMILES string of the molecule is C=C/C=C(\C=C/C)Cn1cncc1OC(C=C)=N/C=C(\C)Cl. The molecule has 1 aromatic rings. The summed E-state index contributed by atoms with van der Waals surface area (Å²) in [6.45, 7) is 11.7. The fourth-order valence-electron chi connectivity index (χ4n) is 1.62. The van der Waals surface area contributed by atoms with Gasteiger partial charge in [-0.25, -0.2) is 9.98 Å². The molecular weight excluding hydrogens is 298 g/mol. The number of hydrogen-bond acceptors (Lipinski definition) is 3. The zero-order valence-corrected chi connectivity index (χ0v) is 13.6. The molecule has 0 aliphatic rings. The molecule has 0 aromatic carbocycles. The highest BCUT2D eigenvalue weighted by Crippen LogP contribution is 2.14. The van der Waals surface area contributed by atoms with E-state index in [9.17, 15) is 0 Å². The van der Waals surface area contributed by atoms with E-state index in [2.05, 4.69) is 23.1 Å². The first-order chi connectivity index (χ1) is 10.6. The van der Waals surface area contributed by atoms with Crippen LogP contribution < -0.4 is 4.74 Å². The highest BCUT2D eigenvalue weighted by atomic mass is 35.5. The molecule has 0 unspecified atom stereocenters. The van der Waals surface area contributed by atoms with Crippen LogP contribution in [0.5, 0.6) is 5.88 Å². The van der Waals surface area contributed by atoms with Crippen molar-refractivity contribution in [1.29, 1.82) is 0 Å². The van der Waals surface area contributed by atoms with E-state index < -0.39 is 0 Å². The van der Waals surface area contributed by atoms with Gasteiger partial charge in [-0.05, 0) is 25.5 Å². The maximum atomic E-state index is 5.75. The van der Waals surface area contributed by atoms with Crippen LogP contribution in [0.2, 0.25) is 0 Å². The topological polar surface area (TPSA) is 39.4 Å². The quantitative estimate of drug-likeness (QED) is 0.417. The summed E-state index contributed by atoms with van der Waals surface area (Å²) in [7, 11) is 0. The molecule has 0 aliphatic heterocycles. The second-order valence-electron chi connectivity index (χ2n) is 4.33. The third-order valence-electron chi connectivity index (χ3n) is 2.49. The summed E-state index contributed by atoms with van der Waals surface area (Å²) in [5, 5.41) is 0.556. The highest BCUT2D eigenvalue weighted by molar-refractivity contribution is 6.29. The minimum absolute atomic E-state index is 0.349. The Morgan fingerprint density at radius 1 is 1.50 bits per heavy atom. The average Bonchev–Trinajstić information content (AvgIpc) is 2.90. The summed E-state index contributed by atoms with van der Waals surface area (Å²) < 4.78 is 7.56. The number of aromatic nitrogens is 2. The number of allylic oxidation sites excluding steroid dienone is 6. The first-order valence-electron chi connectivity index (χ1n) is 6.75. The summed E-state index contributed by atoms with van der Waals surface area (Å²) in [6, 6.07) is 0. The van der Waals surface area contributed by atoms with Gasteiger partial charge in [0.05, 0.1) is 19.1 Å². The zero-order chi connectivity index (χ0) is 16.4. The van der Waals surface area contributed by atoms with E-state index in [-0.39, 0.29) is 0 Å². The first-order valence-corrected chi connectivity index (χ1v) is 7.13. The number of nitrogens with zero attached hydrogens (tertiary/aromatic N) is 3. The van der Waals surface area contributed by atoms with Crippen LogP contribution in [-0.4, -0.2) is 15.4 Å². The Kier molecular flexibility index (Phi) is 7.72. The summed E-state index contributed by atoms with van der Waals surface area (Å²) in [6.07, 6.45) is 14.0. The second kappa shape index (κ2) is 9.58. The van der Waals surface area contributed by atoms with Crippen molar-refractivity contribution in [3.8, 4) is 5.88 Å². The molecule has 0 spiro atoms. The maximum absolute atomic E-state index is 5.75. The molecule has 22 heavy (non-hydrogen) atoms. The average molecular weight is 318 g/mol. The Hall–Kier alpha value is -2.33. The molecule has 0 saturated carbocycles. The van der Waals surface area contributed by atoms with Crippen molar-refractivity contribution in [2.45, 2.75) is 20.4 Å². The van der Waals surface area contributed by atoms with Gasteiger partial charge in [-0.15, -0.1) is 0 Å². The summed E-state index contributed by atoms with van der Waals surface area (Å²) in [5.41, 5.74) is 1.08. The molecule has 1 rings (SSSR count). The van der Waals surface area contributed by atoms with Crippen molar-refractivity contribution < 1.29 is 4.74 Å². The van der Waals surface area contributed by atoms with E-state index in [1.807, 2.05) is 29.7 Å². The molecule has 0 amide bonds. The van der Waals surface area contributed by atoms with Crippen LogP contribution in [0.1, 0.15) is 13.8 Å². The molecular formula is C17H20ClN3O. The maximum Gasteiger partial charge on any atom is 0.222 e. The number of imidazole rings is 1. The third-order valence-corrected chi connectivity index (χ3v) is 2.59. The van der Waals surface area contributed by atoms with Crippen molar-refractivity contribution >= 4 is 17.5 Å². The summed E-state index contributed by atoms with van der Waals surface area (Å²) in [5.74, 6) is 0.917. The van der Waals surface area contributed by atoms with Crippen molar-refractivity contribution in [3.05, 3.63) is 72.9 Å². The smallest absolute Gasteiger partial charge is 0.222 e. The fourth-order valence-corrected chi connectivity index (χ4v) is 1.66. The van der Waals surface area contributed by atoms with Crippen LogP contribution in [0.15, 0.2) is 77.9 Å². The Labute approximate surface area is 136 Å². The predicted molar refractivity (Wildman–Crippen MR) is 93.2 cm³/mol. The third kappa shape index (κ3) is 5.97. The Balaban J connectivity index is 2.95. The molecule has 1 heterocycles. The molecule has 116 valence electrons. The van der Waals surface area contributed by atoms with Crippen molar-refractivity contribution in [2.75, 3.05) is 0 Å². The molecule has 4 nitrogen and oxygen atoms in total. The van der Waals surface area contributed by atoms with Crippen LogP contribution in [-0.2, 0) is 6.54 Å². The molecule has 0 radical (unpaired) electrons. The van der Waals surface area contributed by atoms with E-state index in [0.717, 1.165) is 5.57 Å². The first kappa shape index (κ1) is 17.7. The zero-order valence-electron chi connectivity index (χ0n) is 12.9. The van der Waals surface area contributed by atoms with Gasteiger partial charge < -0.3 is 4.74 Å². The number of ether oxygens (including phenoxy) is 1. The Morgan fingerprint density at radius 3 is 2.86 bits per heavy atom. The molecule has 0 aliphatic carbocycles. The number of hydrogen-bond donors (Lipinski definition) is 0. The van der Waals surface area contributed by atoms with Gasteiger partial charge in [0, 0.05) is 11.2 Å².